The van der Waals surface area contributed by atoms with Crippen LogP contribution in [0.1, 0.15) is 30.2 Å². The summed E-state index contributed by atoms with van der Waals surface area (Å²) in [7, 11) is 1.43. The van der Waals surface area contributed by atoms with Crippen molar-refractivity contribution in [2.24, 2.45) is 0 Å². The maximum atomic E-state index is 13.7. The topological polar surface area (TPSA) is 38.3 Å². The van der Waals surface area contributed by atoms with Crippen molar-refractivity contribution >= 4 is 5.91 Å². The van der Waals surface area contributed by atoms with Crippen molar-refractivity contribution in [2.45, 2.75) is 19.1 Å². The third-order valence-corrected chi connectivity index (χ3v) is 3.36. The third-order valence-electron chi connectivity index (χ3n) is 3.36. The van der Waals surface area contributed by atoms with E-state index in [1.807, 2.05) is 6.07 Å². The SMILES string of the molecule is COC(C(=O)NC(C)c1ccc(F)cc1F)c1ccccc1. The van der Waals surface area contributed by atoms with Gasteiger partial charge in [-0.1, -0.05) is 36.4 Å². The molecular formula is C17H17F2NO2. The van der Waals surface area contributed by atoms with Crippen LogP contribution in [-0.2, 0) is 9.53 Å². The molecule has 22 heavy (non-hydrogen) atoms. The fraction of sp³-hybridized carbons (Fsp3) is 0.235. The zero-order chi connectivity index (χ0) is 16.1. The minimum absolute atomic E-state index is 0.220. The number of carbonyl (C=O) groups is 1. The van der Waals surface area contributed by atoms with Gasteiger partial charge in [-0.3, -0.25) is 4.79 Å². The van der Waals surface area contributed by atoms with Crippen LogP contribution in [0.25, 0.3) is 0 Å². The first-order valence-electron chi connectivity index (χ1n) is 6.86. The highest BCUT2D eigenvalue weighted by atomic mass is 19.1. The average molecular weight is 305 g/mol. The number of carbonyl (C=O) groups excluding carboxylic acids is 1. The Labute approximate surface area is 127 Å². The summed E-state index contributed by atoms with van der Waals surface area (Å²) in [6.45, 7) is 1.63. The molecule has 0 bridgehead atoms. The molecule has 0 saturated heterocycles. The number of methoxy groups -OCH3 is 1. The van der Waals surface area contributed by atoms with Crippen molar-refractivity contribution in [1.29, 1.82) is 0 Å². The van der Waals surface area contributed by atoms with Gasteiger partial charge in [0.1, 0.15) is 11.6 Å². The largest absolute Gasteiger partial charge is 0.367 e. The van der Waals surface area contributed by atoms with Crippen LogP contribution in [0.2, 0.25) is 0 Å². The molecule has 0 aromatic heterocycles. The number of nitrogens with one attached hydrogen (secondary N) is 1. The van der Waals surface area contributed by atoms with E-state index in [9.17, 15) is 13.6 Å². The summed E-state index contributed by atoms with van der Waals surface area (Å²) in [6, 6.07) is 11.7. The van der Waals surface area contributed by atoms with E-state index >= 15 is 0 Å². The first kappa shape index (κ1) is 16.1. The molecule has 2 unspecified atom stereocenters. The molecule has 1 amide bonds. The van der Waals surface area contributed by atoms with Crippen molar-refractivity contribution in [3.05, 3.63) is 71.3 Å². The fourth-order valence-corrected chi connectivity index (χ4v) is 2.24. The van der Waals surface area contributed by atoms with Crippen molar-refractivity contribution < 1.29 is 18.3 Å². The van der Waals surface area contributed by atoms with E-state index < -0.39 is 23.8 Å². The lowest BCUT2D eigenvalue weighted by Crippen LogP contribution is -2.32. The molecule has 5 heteroatoms. The second-order valence-electron chi connectivity index (χ2n) is 4.92. The highest BCUT2D eigenvalue weighted by molar-refractivity contribution is 5.82. The maximum Gasteiger partial charge on any atom is 0.254 e. The van der Waals surface area contributed by atoms with Crippen LogP contribution in [0.4, 0.5) is 8.78 Å². The van der Waals surface area contributed by atoms with Gasteiger partial charge in [0.25, 0.3) is 5.91 Å². The third kappa shape index (κ3) is 3.68. The van der Waals surface area contributed by atoms with E-state index in [0.29, 0.717) is 5.56 Å². The number of hydrogen-bond donors (Lipinski definition) is 1. The smallest absolute Gasteiger partial charge is 0.254 e. The normalized spacial score (nSPS) is 13.5. The fourth-order valence-electron chi connectivity index (χ4n) is 2.24. The molecule has 0 radical (unpaired) electrons. The predicted octanol–water partition coefficient (Wildman–Crippen LogP) is 3.53. The molecule has 0 fully saturated rings. The van der Waals surface area contributed by atoms with Crippen molar-refractivity contribution in [3.8, 4) is 0 Å². The number of ether oxygens (including phenoxy) is 1. The molecule has 1 N–H and O–H groups in total. The monoisotopic (exact) mass is 305 g/mol. The number of rotatable bonds is 5. The highest BCUT2D eigenvalue weighted by Crippen LogP contribution is 2.21. The Morgan fingerprint density at radius 1 is 1.14 bits per heavy atom. The Kier molecular flexibility index (Phi) is 5.22. The average Bonchev–Trinajstić information content (AvgIpc) is 2.48. The summed E-state index contributed by atoms with van der Waals surface area (Å²) in [5.74, 6) is -1.73. The first-order chi connectivity index (χ1) is 10.5. The van der Waals surface area contributed by atoms with Gasteiger partial charge in [-0.2, -0.15) is 0 Å². The molecular weight excluding hydrogens is 288 g/mol. The van der Waals surface area contributed by atoms with Crippen molar-refractivity contribution in [1.82, 2.24) is 5.32 Å². The summed E-state index contributed by atoms with van der Waals surface area (Å²) in [4.78, 5) is 12.3. The van der Waals surface area contributed by atoms with Crippen molar-refractivity contribution in [3.63, 3.8) is 0 Å². The van der Waals surface area contributed by atoms with E-state index in [1.165, 1.54) is 13.2 Å². The highest BCUT2D eigenvalue weighted by Gasteiger charge is 2.22. The first-order valence-corrected chi connectivity index (χ1v) is 6.86. The molecule has 0 heterocycles. The summed E-state index contributed by atoms with van der Waals surface area (Å²) in [5, 5.41) is 2.68. The van der Waals surface area contributed by atoms with Crippen LogP contribution >= 0.6 is 0 Å². The predicted molar refractivity (Wildman–Crippen MR) is 79.1 cm³/mol. The Bertz CT molecular complexity index is 646. The van der Waals surface area contributed by atoms with Crippen LogP contribution in [0.5, 0.6) is 0 Å². The lowest BCUT2D eigenvalue weighted by molar-refractivity contribution is -0.132. The quantitative estimate of drug-likeness (QED) is 0.917. The van der Waals surface area contributed by atoms with E-state index in [4.69, 9.17) is 4.74 Å². The molecule has 116 valence electrons. The second-order valence-corrected chi connectivity index (χ2v) is 4.92. The Hall–Kier alpha value is -2.27. The van der Waals surface area contributed by atoms with Gasteiger partial charge in [0.05, 0.1) is 6.04 Å². The van der Waals surface area contributed by atoms with Gasteiger partial charge in [0.15, 0.2) is 6.10 Å². The molecule has 0 aliphatic heterocycles. The second kappa shape index (κ2) is 7.13. The lowest BCUT2D eigenvalue weighted by atomic mass is 10.1. The van der Waals surface area contributed by atoms with Crippen molar-refractivity contribution in [2.75, 3.05) is 7.11 Å². The zero-order valence-corrected chi connectivity index (χ0v) is 12.3. The van der Waals surface area contributed by atoms with Gasteiger partial charge < -0.3 is 10.1 Å². The molecule has 0 aliphatic carbocycles. The number of halogens is 2. The molecule has 2 rings (SSSR count). The van der Waals surface area contributed by atoms with Crippen LogP contribution in [0.3, 0.4) is 0 Å². The molecule has 2 atom stereocenters. The number of amides is 1. The minimum Gasteiger partial charge on any atom is -0.367 e. The lowest BCUT2D eigenvalue weighted by Gasteiger charge is -2.20. The maximum absolute atomic E-state index is 13.7. The Balaban J connectivity index is 2.13. The van der Waals surface area contributed by atoms with Gasteiger partial charge >= 0.3 is 0 Å². The van der Waals surface area contributed by atoms with Gasteiger partial charge in [-0.05, 0) is 18.6 Å². The minimum atomic E-state index is -0.785. The van der Waals surface area contributed by atoms with Crippen LogP contribution < -0.4 is 5.32 Å². The number of benzene rings is 2. The Morgan fingerprint density at radius 2 is 1.82 bits per heavy atom. The summed E-state index contributed by atoms with van der Waals surface area (Å²) < 4.78 is 31.9. The van der Waals surface area contributed by atoms with Crippen LogP contribution in [0, 0.1) is 11.6 Å². The molecule has 0 aliphatic rings. The standard InChI is InChI=1S/C17H17F2NO2/c1-11(14-9-8-13(18)10-15(14)19)20-17(21)16(22-2)12-6-4-3-5-7-12/h3-11,16H,1-2H3,(H,20,21). The summed E-state index contributed by atoms with van der Waals surface area (Å²) >= 11 is 0. The van der Waals surface area contributed by atoms with Gasteiger partial charge in [0.2, 0.25) is 0 Å². The van der Waals surface area contributed by atoms with Gasteiger partial charge in [-0.25, -0.2) is 8.78 Å². The van der Waals surface area contributed by atoms with Crippen LogP contribution in [0.15, 0.2) is 48.5 Å². The zero-order valence-electron chi connectivity index (χ0n) is 12.3. The molecule has 0 saturated carbocycles. The number of hydrogen-bond acceptors (Lipinski definition) is 2. The van der Waals surface area contributed by atoms with Gasteiger partial charge in [-0.15, -0.1) is 0 Å². The van der Waals surface area contributed by atoms with Gasteiger partial charge in [0, 0.05) is 18.7 Å². The molecule has 0 spiro atoms. The van der Waals surface area contributed by atoms with E-state index in [0.717, 1.165) is 12.1 Å². The molecule has 2 aromatic rings. The summed E-state index contributed by atoms with van der Waals surface area (Å²) in [5.41, 5.74) is 0.923. The van der Waals surface area contributed by atoms with E-state index in [1.54, 1.807) is 31.2 Å². The molecule has 3 nitrogen and oxygen atoms in total. The van der Waals surface area contributed by atoms with E-state index in [-0.39, 0.29) is 11.5 Å². The van der Waals surface area contributed by atoms with Crippen LogP contribution in [-0.4, -0.2) is 13.0 Å². The van der Waals surface area contributed by atoms with E-state index in [2.05, 4.69) is 5.32 Å². The molecule has 2 aromatic carbocycles. The summed E-state index contributed by atoms with van der Waals surface area (Å²) in [6.07, 6.45) is -0.785. The Morgan fingerprint density at radius 3 is 2.41 bits per heavy atom.